The normalized spacial score (nSPS) is 25.4. The molecule has 2 nitrogen and oxygen atoms in total. The third-order valence-corrected chi connectivity index (χ3v) is 3.67. The zero-order valence-electron chi connectivity index (χ0n) is 10.1. The van der Waals surface area contributed by atoms with Gasteiger partial charge in [0.15, 0.2) is 0 Å². The number of ether oxygens (including phenoxy) is 1. The molecule has 1 saturated heterocycles. The van der Waals surface area contributed by atoms with Crippen molar-refractivity contribution in [2.75, 3.05) is 32.0 Å². The molecule has 0 saturated carbocycles. The van der Waals surface area contributed by atoms with Crippen molar-refractivity contribution < 1.29 is 4.74 Å². The number of rotatable bonds is 6. The maximum absolute atomic E-state index is 5.67. The fraction of sp³-hybridized carbons (Fsp3) is 1.00. The topological polar surface area (TPSA) is 12.5 Å². The molecular weight excluding hydrogens is 206 g/mol. The average molecular weight is 231 g/mol. The highest BCUT2D eigenvalue weighted by Gasteiger charge is 2.20. The van der Waals surface area contributed by atoms with Crippen LogP contribution in [0.3, 0.4) is 0 Å². The van der Waals surface area contributed by atoms with Gasteiger partial charge in [0.1, 0.15) is 0 Å². The lowest BCUT2D eigenvalue weighted by Crippen LogP contribution is -2.44. The predicted molar refractivity (Wildman–Crippen MR) is 68.7 cm³/mol. The van der Waals surface area contributed by atoms with Gasteiger partial charge in [0, 0.05) is 19.6 Å². The molecule has 1 fully saturated rings. The Bertz CT molecular complexity index is 166. The Morgan fingerprint density at radius 2 is 2.27 bits per heavy atom. The zero-order chi connectivity index (χ0) is 11.1. The minimum Gasteiger partial charge on any atom is -0.376 e. The van der Waals surface area contributed by atoms with Crippen LogP contribution in [0.4, 0.5) is 0 Å². The molecule has 0 N–H and O–H groups in total. The summed E-state index contributed by atoms with van der Waals surface area (Å²) in [6.07, 6.45) is 4.17. The minimum absolute atomic E-state index is 0.459. The number of hydrogen-bond acceptors (Lipinski definition) is 3. The molecule has 1 heterocycles. The molecule has 0 bridgehead atoms. The van der Waals surface area contributed by atoms with E-state index < -0.39 is 0 Å². The maximum Gasteiger partial charge on any atom is 0.0700 e. The van der Waals surface area contributed by atoms with Gasteiger partial charge in [-0.3, -0.25) is 4.90 Å². The monoisotopic (exact) mass is 231 g/mol. The highest BCUT2D eigenvalue weighted by atomic mass is 32.1. The lowest BCUT2D eigenvalue weighted by atomic mass is 10.0. The molecule has 15 heavy (non-hydrogen) atoms. The van der Waals surface area contributed by atoms with Crippen molar-refractivity contribution in [1.29, 1.82) is 0 Å². The first-order valence-corrected chi connectivity index (χ1v) is 6.88. The van der Waals surface area contributed by atoms with Crippen molar-refractivity contribution in [3.8, 4) is 0 Å². The van der Waals surface area contributed by atoms with Gasteiger partial charge in [-0.25, -0.2) is 0 Å². The van der Waals surface area contributed by atoms with E-state index in [1.54, 1.807) is 0 Å². The number of hydrogen-bond donors (Lipinski definition) is 1. The van der Waals surface area contributed by atoms with Crippen LogP contribution in [0.15, 0.2) is 0 Å². The predicted octanol–water partition coefficient (Wildman–Crippen LogP) is 2.44. The number of morpholine rings is 1. The third kappa shape index (κ3) is 4.75. The quantitative estimate of drug-likeness (QED) is 0.705. The van der Waals surface area contributed by atoms with Gasteiger partial charge in [0.2, 0.25) is 0 Å². The molecule has 0 aromatic rings. The molecule has 1 rings (SSSR count). The first-order chi connectivity index (χ1) is 7.30. The van der Waals surface area contributed by atoms with Gasteiger partial charge in [-0.15, -0.1) is 0 Å². The van der Waals surface area contributed by atoms with Gasteiger partial charge in [-0.1, -0.05) is 20.3 Å². The summed E-state index contributed by atoms with van der Waals surface area (Å²) >= 11 is 4.44. The second-order valence-corrected chi connectivity index (χ2v) is 4.86. The van der Waals surface area contributed by atoms with E-state index in [9.17, 15) is 0 Å². The first-order valence-electron chi connectivity index (χ1n) is 6.24. The number of thiol groups is 1. The van der Waals surface area contributed by atoms with Crippen LogP contribution in [-0.4, -0.2) is 43.0 Å². The summed E-state index contributed by atoms with van der Waals surface area (Å²) in [5.41, 5.74) is 0. The first kappa shape index (κ1) is 13.3. The van der Waals surface area contributed by atoms with Crippen LogP contribution in [0.2, 0.25) is 0 Å². The van der Waals surface area contributed by atoms with Gasteiger partial charge in [-0.05, 0) is 24.5 Å². The fourth-order valence-corrected chi connectivity index (χ4v) is 2.50. The van der Waals surface area contributed by atoms with E-state index in [0.29, 0.717) is 6.10 Å². The van der Waals surface area contributed by atoms with Gasteiger partial charge in [-0.2, -0.15) is 12.6 Å². The summed E-state index contributed by atoms with van der Waals surface area (Å²) in [5, 5.41) is 0. The molecule has 0 amide bonds. The molecule has 1 aliphatic heterocycles. The second kappa shape index (κ2) is 7.53. The SMILES string of the molecule is CCCC(CS)CN1CCOC(CC)C1. The molecule has 0 spiro atoms. The molecule has 1 aliphatic rings. The highest BCUT2D eigenvalue weighted by Crippen LogP contribution is 2.14. The van der Waals surface area contributed by atoms with Crippen molar-refractivity contribution in [2.24, 2.45) is 5.92 Å². The average Bonchev–Trinajstić information content (AvgIpc) is 2.29. The van der Waals surface area contributed by atoms with Gasteiger partial charge >= 0.3 is 0 Å². The maximum atomic E-state index is 5.67. The molecular formula is C12H25NOS. The molecule has 0 radical (unpaired) electrons. The van der Waals surface area contributed by atoms with Gasteiger partial charge < -0.3 is 4.74 Å². The molecule has 3 heteroatoms. The molecule has 2 atom stereocenters. The lowest BCUT2D eigenvalue weighted by Gasteiger charge is -2.34. The largest absolute Gasteiger partial charge is 0.376 e. The Balaban J connectivity index is 2.29. The molecule has 0 aliphatic carbocycles. The van der Waals surface area contributed by atoms with E-state index in [2.05, 4.69) is 31.4 Å². The molecule has 2 unspecified atom stereocenters. The fourth-order valence-electron chi connectivity index (χ4n) is 2.21. The van der Waals surface area contributed by atoms with Crippen LogP contribution < -0.4 is 0 Å². The van der Waals surface area contributed by atoms with Crippen LogP contribution in [0.5, 0.6) is 0 Å². The third-order valence-electron chi connectivity index (χ3n) is 3.15. The standard InChI is InChI=1S/C12H25NOS/c1-3-5-11(10-15)8-13-6-7-14-12(4-2)9-13/h11-12,15H,3-10H2,1-2H3. The van der Waals surface area contributed by atoms with Crippen LogP contribution in [-0.2, 0) is 4.74 Å². The molecule has 0 aromatic carbocycles. The highest BCUT2D eigenvalue weighted by molar-refractivity contribution is 7.80. The summed E-state index contributed by atoms with van der Waals surface area (Å²) in [6.45, 7) is 8.79. The van der Waals surface area contributed by atoms with Gasteiger partial charge in [0.05, 0.1) is 12.7 Å². The van der Waals surface area contributed by atoms with E-state index in [1.165, 1.54) is 19.4 Å². The van der Waals surface area contributed by atoms with Crippen molar-refractivity contribution in [2.45, 2.75) is 39.2 Å². The summed E-state index contributed by atoms with van der Waals surface area (Å²) in [7, 11) is 0. The van der Waals surface area contributed by atoms with Crippen LogP contribution in [0.1, 0.15) is 33.1 Å². The Kier molecular flexibility index (Phi) is 6.69. The number of nitrogens with zero attached hydrogens (tertiary/aromatic N) is 1. The van der Waals surface area contributed by atoms with E-state index in [4.69, 9.17) is 4.74 Å². The van der Waals surface area contributed by atoms with Crippen molar-refractivity contribution in [1.82, 2.24) is 4.90 Å². The smallest absolute Gasteiger partial charge is 0.0700 e. The second-order valence-electron chi connectivity index (χ2n) is 4.50. The van der Waals surface area contributed by atoms with E-state index >= 15 is 0 Å². The molecule has 90 valence electrons. The van der Waals surface area contributed by atoms with Crippen LogP contribution in [0, 0.1) is 5.92 Å². The lowest BCUT2D eigenvalue weighted by molar-refractivity contribution is -0.0334. The Morgan fingerprint density at radius 3 is 2.87 bits per heavy atom. The van der Waals surface area contributed by atoms with Gasteiger partial charge in [0.25, 0.3) is 0 Å². The zero-order valence-corrected chi connectivity index (χ0v) is 11.0. The summed E-state index contributed by atoms with van der Waals surface area (Å²) < 4.78 is 5.67. The van der Waals surface area contributed by atoms with Crippen LogP contribution in [0.25, 0.3) is 0 Å². The van der Waals surface area contributed by atoms with E-state index in [1.807, 2.05) is 0 Å². The Labute approximate surface area is 99.8 Å². The van der Waals surface area contributed by atoms with E-state index in [-0.39, 0.29) is 0 Å². The summed E-state index contributed by atoms with van der Waals surface area (Å²) in [6, 6.07) is 0. The minimum atomic E-state index is 0.459. The van der Waals surface area contributed by atoms with E-state index in [0.717, 1.165) is 37.8 Å². The molecule has 0 aromatic heterocycles. The van der Waals surface area contributed by atoms with Crippen molar-refractivity contribution >= 4 is 12.6 Å². The summed E-state index contributed by atoms with van der Waals surface area (Å²) in [4.78, 5) is 2.55. The van der Waals surface area contributed by atoms with Crippen LogP contribution >= 0.6 is 12.6 Å². The Hall–Kier alpha value is 0.270. The van der Waals surface area contributed by atoms with Crippen molar-refractivity contribution in [3.05, 3.63) is 0 Å². The van der Waals surface area contributed by atoms with Crippen molar-refractivity contribution in [3.63, 3.8) is 0 Å². The Morgan fingerprint density at radius 1 is 1.47 bits per heavy atom. The summed E-state index contributed by atoms with van der Waals surface area (Å²) in [5.74, 6) is 1.77.